The number of anilines is 1. The van der Waals surface area contributed by atoms with Gasteiger partial charge in [-0.1, -0.05) is 0 Å². The van der Waals surface area contributed by atoms with Gasteiger partial charge in [0.15, 0.2) is 0 Å². The molecule has 1 aliphatic rings. The number of benzene rings is 1. The Morgan fingerprint density at radius 3 is 2.56 bits per heavy atom. The lowest BCUT2D eigenvalue weighted by molar-refractivity contribution is 0.562. The highest BCUT2D eigenvalue weighted by Gasteiger charge is 2.18. The minimum Gasteiger partial charge on any atom is -0.367 e. The van der Waals surface area contributed by atoms with Gasteiger partial charge in [0.2, 0.25) is 10.0 Å². The summed E-state index contributed by atoms with van der Waals surface area (Å²) in [5.74, 6) is -0.506. The molecule has 1 saturated heterocycles. The fourth-order valence-corrected chi connectivity index (χ4v) is 2.68. The van der Waals surface area contributed by atoms with Crippen LogP contribution in [-0.4, -0.2) is 41.6 Å². The predicted molar refractivity (Wildman–Crippen MR) is 67.7 cm³/mol. The summed E-state index contributed by atoms with van der Waals surface area (Å²) in [5.41, 5.74) is 0.451. The van der Waals surface area contributed by atoms with Crippen LogP contribution in [0.4, 0.5) is 10.1 Å². The minimum atomic E-state index is -3.59. The number of nitrogens with one attached hydrogen (secondary N) is 2. The van der Waals surface area contributed by atoms with Crippen LogP contribution in [0.1, 0.15) is 0 Å². The molecule has 18 heavy (non-hydrogen) atoms. The molecule has 0 amide bonds. The molecule has 7 heteroatoms. The van der Waals surface area contributed by atoms with Gasteiger partial charge in [0.1, 0.15) is 5.82 Å². The first kappa shape index (κ1) is 13.3. The maximum atomic E-state index is 13.9. The number of piperazine rings is 1. The van der Waals surface area contributed by atoms with Crippen LogP contribution in [0.25, 0.3) is 0 Å². The first-order valence-electron chi connectivity index (χ1n) is 5.73. The van der Waals surface area contributed by atoms with Crippen molar-refractivity contribution >= 4 is 15.7 Å². The summed E-state index contributed by atoms with van der Waals surface area (Å²) in [6.07, 6.45) is 0. The molecule has 0 spiro atoms. The normalized spacial score (nSPS) is 16.9. The molecule has 1 fully saturated rings. The van der Waals surface area contributed by atoms with E-state index in [1.165, 1.54) is 19.2 Å². The van der Waals surface area contributed by atoms with Crippen molar-refractivity contribution in [1.82, 2.24) is 10.0 Å². The molecule has 0 saturated carbocycles. The fraction of sp³-hybridized carbons (Fsp3) is 0.455. The SMILES string of the molecule is CNS(=O)(=O)c1ccc(N2CCNCC2)c(F)c1. The second-order valence-electron chi connectivity index (χ2n) is 4.06. The van der Waals surface area contributed by atoms with Gasteiger partial charge in [-0.3, -0.25) is 0 Å². The molecule has 5 nitrogen and oxygen atoms in total. The van der Waals surface area contributed by atoms with Gasteiger partial charge in [-0.05, 0) is 25.2 Å². The summed E-state index contributed by atoms with van der Waals surface area (Å²) in [4.78, 5) is 1.85. The van der Waals surface area contributed by atoms with E-state index in [1.54, 1.807) is 0 Å². The van der Waals surface area contributed by atoms with Gasteiger partial charge in [-0.2, -0.15) is 0 Å². The molecule has 1 aromatic rings. The van der Waals surface area contributed by atoms with E-state index in [4.69, 9.17) is 0 Å². The summed E-state index contributed by atoms with van der Waals surface area (Å²) in [6, 6.07) is 4.00. The van der Waals surface area contributed by atoms with Crippen LogP contribution in [0.2, 0.25) is 0 Å². The highest BCUT2D eigenvalue weighted by atomic mass is 32.2. The van der Waals surface area contributed by atoms with E-state index in [1.807, 2.05) is 4.90 Å². The Labute approximate surface area is 106 Å². The third kappa shape index (κ3) is 2.63. The van der Waals surface area contributed by atoms with Crippen molar-refractivity contribution in [2.45, 2.75) is 4.90 Å². The first-order chi connectivity index (χ1) is 8.54. The number of halogens is 1. The number of hydrogen-bond acceptors (Lipinski definition) is 4. The van der Waals surface area contributed by atoms with Crippen molar-refractivity contribution in [2.75, 3.05) is 38.1 Å². The summed E-state index contributed by atoms with van der Waals surface area (Å²) < 4.78 is 39.2. The van der Waals surface area contributed by atoms with Crippen molar-refractivity contribution in [3.05, 3.63) is 24.0 Å². The van der Waals surface area contributed by atoms with Crippen molar-refractivity contribution in [1.29, 1.82) is 0 Å². The average molecular weight is 273 g/mol. The smallest absolute Gasteiger partial charge is 0.240 e. The van der Waals surface area contributed by atoms with E-state index < -0.39 is 15.8 Å². The largest absolute Gasteiger partial charge is 0.367 e. The summed E-state index contributed by atoms with van der Waals surface area (Å²) in [6.45, 7) is 3.04. The molecule has 2 N–H and O–H groups in total. The van der Waals surface area contributed by atoms with Crippen molar-refractivity contribution in [3.63, 3.8) is 0 Å². The summed E-state index contributed by atoms with van der Waals surface area (Å²) >= 11 is 0. The molecule has 0 radical (unpaired) electrons. The maximum Gasteiger partial charge on any atom is 0.240 e. The van der Waals surface area contributed by atoms with Crippen LogP contribution in [0.3, 0.4) is 0 Å². The Morgan fingerprint density at radius 2 is 2.00 bits per heavy atom. The molecule has 1 heterocycles. The first-order valence-corrected chi connectivity index (χ1v) is 7.21. The van der Waals surface area contributed by atoms with Crippen LogP contribution < -0.4 is 14.9 Å². The molecular weight excluding hydrogens is 257 g/mol. The Hall–Kier alpha value is -1.18. The zero-order valence-corrected chi connectivity index (χ0v) is 10.9. The Bertz CT molecular complexity index is 527. The van der Waals surface area contributed by atoms with Crippen LogP contribution in [0.5, 0.6) is 0 Å². The van der Waals surface area contributed by atoms with Crippen LogP contribution in [-0.2, 0) is 10.0 Å². The van der Waals surface area contributed by atoms with Gasteiger partial charge < -0.3 is 10.2 Å². The standard InChI is InChI=1S/C11H16FN3O2S/c1-13-18(16,17)9-2-3-11(10(12)8-9)15-6-4-14-5-7-15/h2-3,8,13-14H,4-7H2,1H3. The molecule has 0 aromatic heterocycles. The van der Waals surface area contributed by atoms with E-state index in [2.05, 4.69) is 10.0 Å². The van der Waals surface area contributed by atoms with Gasteiger partial charge in [0, 0.05) is 26.2 Å². The fourth-order valence-electron chi connectivity index (χ4n) is 1.93. The van der Waals surface area contributed by atoms with Gasteiger partial charge >= 0.3 is 0 Å². The van der Waals surface area contributed by atoms with Crippen molar-refractivity contribution < 1.29 is 12.8 Å². The number of sulfonamides is 1. The van der Waals surface area contributed by atoms with Crippen LogP contribution in [0, 0.1) is 5.82 Å². The minimum absolute atomic E-state index is 0.0543. The monoisotopic (exact) mass is 273 g/mol. The molecular formula is C11H16FN3O2S. The third-order valence-electron chi connectivity index (χ3n) is 2.96. The van der Waals surface area contributed by atoms with Gasteiger partial charge in [0.05, 0.1) is 10.6 Å². The lowest BCUT2D eigenvalue weighted by atomic mass is 10.2. The van der Waals surface area contributed by atoms with Crippen LogP contribution in [0.15, 0.2) is 23.1 Å². The quantitative estimate of drug-likeness (QED) is 0.822. The van der Waals surface area contributed by atoms with E-state index in [0.717, 1.165) is 32.2 Å². The average Bonchev–Trinajstić information content (AvgIpc) is 2.39. The number of nitrogens with zero attached hydrogens (tertiary/aromatic N) is 1. The molecule has 0 aliphatic carbocycles. The van der Waals surface area contributed by atoms with E-state index in [9.17, 15) is 12.8 Å². The molecule has 1 aliphatic heterocycles. The maximum absolute atomic E-state index is 13.9. The van der Waals surface area contributed by atoms with E-state index in [0.29, 0.717) is 5.69 Å². The zero-order chi connectivity index (χ0) is 13.2. The highest BCUT2D eigenvalue weighted by Crippen LogP contribution is 2.22. The Morgan fingerprint density at radius 1 is 1.33 bits per heavy atom. The molecule has 0 bridgehead atoms. The Balaban J connectivity index is 2.30. The third-order valence-corrected chi connectivity index (χ3v) is 4.37. The van der Waals surface area contributed by atoms with Gasteiger partial charge in [0.25, 0.3) is 0 Å². The van der Waals surface area contributed by atoms with Crippen molar-refractivity contribution in [2.24, 2.45) is 0 Å². The van der Waals surface area contributed by atoms with E-state index in [-0.39, 0.29) is 4.90 Å². The molecule has 1 aromatic carbocycles. The topological polar surface area (TPSA) is 61.4 Å². The number of hydrogen-bond donors (Lipinski definition) is 2. The second kappa shape index (κ2) is 5.21. The molecule has 2 rings (SSSR count). The van der Waals surface area contributed by atoms with Crippen molar-refractivity contribution in [3.8, 4) is 0 Å². The predicted octanol–water partition coefficient (Wildman–Crippen LogP) is 0.143. The van der Waals surface area contributed by atoms with Gasteiger partial charge in [-0.15, -0.1) is 0 Å². The van der Waals surface area contributed by atoms with Gasteiger partial charge in [-0.25, -0.2) is 17.5 Å². The molecule has 0 atom stereocenters. The Kier molecular flexibility index (Phi) is 3.84. The lowest BCUT2D eigenvalue weighted by Crippen LogP contribution is -2.43. The molecule has 0 unspecified atom stereocenters. The summed E-state index contributed by atoms with van der Waals surface area (Å²) in [7, 11) is -2.29. The number of rotatable bonds is 3. The summed E-state index contributed by atoms with van der Waals surface area (Å²) in [5, 5.41) is 3.18. The highest BCUT2D eigenvalue weighted by molar-refractivity contribution is 7.89. The second-order valence-corrected chi connectivity index (χ2v) is 5.94. The van der Waals surface area contributed by atoms with Crippen LogP contribution >= 0.6 is 0 Å². The zero-order valence-electron chi connectivity index (χ0n) is 10.1. The van der Waals surface area contributed by atoms with E-state index >= 15 is 0 Å². The molecule has 100 valence electrons. The lowest BCUT2D eigenvalue weighted by Gasteiger charge is -2.29.